The maximum atomic E-state index is 13.3. The van der Waals surface area contributed by atoms with E-state index in [-0.39, 0.29) is 5.57 Å². The zero-order valence-electron chi connectivity index (χ0n) is 10.6. The number of aliphatic hydroxyl groups excluding tert-OH is 1. The van der Waals surface area contributed by atoms with Gasteiger partial charge in [0.25, 0.3) is 5.91 Å². The minimum atomic E-state index is -1.57. The Morgan fingerprint density at radius 1 is 1.35 bits per heavy atom. The lowest BCUT2D eigenvalue weighted by Gasteiger charge is -2.29. The Morgan fingerprint density at radius 3 is 2.18 bits per heavy atom. The van der Waals surface area contributed by atoms with Gasteiger partial charge in [-0.3, -0.25) is 4.79 Å². The van der Waals surface area contributed by atoms with Crippen molar-refractivity contribution < 1.29 is 23.8 Å². The van der Waals surface area contributed by atoms with E-state index in [4.69, 9.17) is 0 Å². The number of methoxy groups -OCH3 is 1. The summed E-state index contributed by atoms with van der Waals surface area (Å²) in [6.07, 6.45) is -1.57. The Balaban J connectivity index is 4.83. The molecule has 0 aromatic heterocycles. The molecule has 6 heteroatoms. The molecule has 0 fully saturated rings. The van der Waals surface area contributed by atoms with Crippen molar-refractivity contribution in [3.05, 3.63) is 11.4 Å². The van der Waals surface area contributed by atoms with E-state index in [9.17, 15) is 19.1 Å². The lowest BCUT2D eigenvalue weighted by molar-refractivity contribution is -0.154. The molecule has 0 heterocycles. The van der Waals surface area contributed by atoms with Gasteiger partial charge in [0.05, 0.1) is 12.6 Å². The van der Waals surface area contributed by atoms with Gasteiger partial charge in [0.2, 0.25) is 0 Å². The van der Waals surface area contributed by atoms with E-state index < -0.39 is 29.3 Å². The maximum absolute atomic E-state index is 13.3. The second-order valence-corrected chi connectivity index (χ2v) is 4.42. The summed E-state index contributed by atoms with van der Waals surface area (Å²) in [6.45, 7) is 5.67. The third-order valence-corrected chi connectivity index (χ3v) is 2.18. The van der Waals surface area contributed by atoms with Crippen LogP contribution >= 0.6 is 0 Å². The fourth-order valence-corrected chi connectivity index (χ4v) is 1.05. The second-order valence-electron chi connectivity index (χ2n) is 4.42. The Labute approximate surface area is 99.6 Å². The van der Waals surface area contributed by atoms with Crippen molar-refractivity contribution >= 4 is 11.9 Å². The first-order valence-electron chi connectivity index (χ1n) is 5.05. The second kappa shape index (κ2) is 5.77. The molecule has 0 saturated heterocycles. The van der Waals surface area contributed by atoms with Crippen molar-refractivity contribution in [3.8, 4) is 0 Å². The highest BCUT2D eigenvalue weighted by Crippen LogP contribution is 2.13. The van der Waals surface area contributed by atoms with Gasteiger partial charge in [-0.25, -0.2) is 9.18 Å². The van der Waals surface area contributed by atoms with E-state index in [1.165, 1.54) is 27.7 Å². The molecule has 0 rings (SSSR count). The normalized spacial score (nSPS) is 12.6. The predicted molar refractivity (Wildman–Crippen MR) is 59.7 cm³/mol. The summed E-state index contributed by atoms with van der Waals surface area (Å²) in [5, 5.41) is 11.8. The van der Waals surface area contributed by atoms with Crippen molar-refractivity contribution in [2.45, 2.75) is 39.3 Å². The van der Waals surface area contributed by atoms with Gasteiger partial charge in [-0.1, -0.05) is 0 Å². The van der Waals surface area contributed by atoms with Gasteiger partial charge in [0, 0.05) is 0 Å². The average molecular weight is 247 g/mol. The van der Waals surface area contributed by atoms with E-state index in [0.717, 1.165) is 7.11 Å². The van der Waals surface area contributed by atoms with Gasteiger partial charge in [-0.15, -0.1) is 0 Å². The third kappa shape index (κ3) is 4.14. The Bertz CT molecular complexity index is 345. The number of hydrogen-bond acceptors (Lipinski definition) is 4. The molecule has 0 aliphatic carbocycles. The van der Waals surface area contributed by atoms with E-state index in [0.29, 0.717) is 0 Å². The van der Waals surface area contributed by atoms with Gasteiger partial charge in [0.15, 0.2) is 11.9 Å². The summed E-state index contributed by atoms with van der Waals surface area (Å²) in [7, 11) is 1.11. The number of ether oxygens (including phenoxy) is 1. The van der Waals surface area contributed by atoms with Gasteiger partial charge < -0.3 is 15.2 Å². The highest BCUT2D eigenvalue weighted by molar-refractivity contribution is 5.93. The number of esters is 1. The lowest BCUT2D eigenvalue weighted by atomic mass is 9.97. The first kappa shape index (κ1) is 15.6. The van der Waals surface area contributed by atoms with Gasteiger partial charge >= 0.3 is 5.97 Å². The van der Waals surface area contributed by atoms with Crippen molar-refractivity contribution in [2.75, 3.05) is 7.11 Å². The molecule has 0 aliphatic rings. The van der Waals surface area contributed by atoms with Gasteiger partial charge in [-0.2, -0.15) is 0 Å². The van der Waals surface area contributed by atoms with Crippen molar-refractivity contribution in [3.63, 3.8) is 0 Å². The SMILES string of the molecule is COC(=O)[C@H](O)C(C)(C)NC(=O)C(F)=C(C)C. The van der Waals surface area contributed by atoms with Crippen molar-refractivity contribution in [1.82, 2.24) is 5.32 Å². The molecule has 1 atom stereocenters. The largest absolute Gasteiger partial charge is 0.467 e. The topological polar surface area (TPSA) is 75.6 Å². The van der Waals surface area contributed by atoms with Crippen LogP contribution in [0.5, 0.6) is 0 Å². The molecule has 98 valence electrons. The predicted octanol–water partition coefficient (Wildman–Crippen LogP) is 0.678. The van der Waals surface area contributed by atoms with E-state index in [2.05, 4.69) is 10.1 Å². The van der Waals surface area contributed by atoms with E-state index >= 15 is 0 Å². The van der Waals surface area contributed by atoms with Crippen molar-refractivity contribution in [2.24, 2.45) is 0 Å². The van der Waals surface area contributed by atoms with Crippen LogP contribution in [0.15, 0.2) is 11.4 Å². The maximum Gasteiger partial charge on any atom is 0.337 e. The zero-order valence-corrected chi connectivity index (χ0v) is 10.6. The highest BCUT2D eigenvalue weighted by atomic mass is 19.1. The Kier molecular flexibility index (Phi) is 5.28. The van der Waals surface area contributed by atoms with Gasteiger partial charge in [0.1, 0.15) is 0 Å². The number of carbonyl (C=O) groups excluding carboxylic acids is 2. The van der Waals surface area contributed by atoms with Crippen LogP contribution in [0.4, 0.5) is 4.39 Å². The first-order chi connectivity index (χ1) is 7.63. The summed E-state index contributed by atoms with van der Waals surface area (Å²) >= 11 is 0. The van der Waals surface area contributed by atoms with Crippen LogP contribution in [0.2, 0.25) is 0 Å². The number of allylic oxidation sites excluding steroid dienone is 1. The van der Waals surface area contributed by atoms with Crippen LogP contribution in [0.1, 0.15) is 27.7 Å². The minimum absolute atomic E-state index is 0.214. The molecule has 0 spiro atoms. The number of carbonyl (C=O) groups is 2. The van der Waals surface area contributed by atoms with Crippen LogP contribution in [0.3, 0.4) is 0 Å². The Morgan fingerprint density at radius 2 is 1.82 bits per heavy atom. The number of nitrogens with one attached hydrogen (secondary N) is 1. The number of hydrogen-bond donors (Lipinski definition) is 2. The van der Waals surface area contributed by atoms with Crippen LogP contribution in [0.25, 0.3) is 0 Å². The standard InChI is InChI=1S/C11H18FNO4/c1-6(2)7(12)9(15)13-11(3,4)8(14)10(16)17-5/h8,14H,1-5H3,(H,13,15)/t8-/m0/s1. The van der Waals surface area contributed by atoms with Crippen LogP contribution in [0, 0.1) is 0 Å². The van der Waals surface area contributed by atoms with Crippen LogP contribution in [-0.4, -0.2) is 35.7 Å². The molecule has 0 bridgehead atoms. The Hall–Kier alpha value is -1.43. The average Bonchev–Trinajstić information content (AvgIpc) is 2.24. The number of aliphatic hydroxyl groups is 1. The summed E-state index contributed by atoms with van der Waals surface area (Å²) < 4.78 is 17.6. The van der Waals surface area contributed by atoms with Crippen molar-refractivity contribution in [1.29, 1.82) is 0 Å². The number of rotatable bonds is 4. The molecule has 0 saturated carbocycles. The van der Waals surface area contributed by atoms with Crippen LogP contribution in [-0.2, 0) is 14.3 Å². The molecule has 0 unspecified atom stereocenters. The monoisotopic (exact) mass is 247 g/mol. The molecular weight excluding hydrogens is 229 g/mol. The quantitative estimate of drug-likeness (QED) is 0.566. The summed E-state index contributed by atoms with van der Waals surface area (Å²) in [5.41, 5.74) is -1.11. The molecule has 2 N–H and O–H groups in total. The fraction of sp³-hybridized carbons (Fsp3) is 0.636. The molecule has 0 aromatic carbocycles. The van der Waals surface area contributed by atoms with Gasteiger partial charge in [-0.05, 0) is 33.3 Å². The zero-order chi connectivity index (χ0) is 13.8. The van der Waals surface area contributed by atoms with Crippen LogP contribution < -0.4 is 5.32 Å². The molecule has 0 aliphatic heterocycles. The highest BCUT2D eigenvalue weighted by Gasteiger charge is 2.36. The summed E-state index contributed by atoms with van der Waals surface area (Å²) in [4.78, 5) is 22.5. The lowest BCUT2D eigenvalue weighted by Crippen LogP contribution is -2.55. The minimum Gasteiger partial charge on any atom is -0.467 e. The molecule has 0 aromatic rings. The number of halogens is 1. The summed E-state index contributed by atoms with van der Waals surface area (Å²) in [5.74, 6) is -2.80. The fourth-order valence-electron chi connectivity index (χ4n) is 1.05. The first-order valence-corrected chi connectivity index (χ1v) is 5.05. The molecule has 17 heavy (non-hydrogen) atoms. The van der Waals surface area contributed by atoms with E-state index in [1.54, 1.807) is 0 Å². The third-order valence-electron chi connectivity index (χ3n) is 2.18. The smallest absolute Gasteiger partial charge is 0.337 e. The number of amides is 1. The molecular formula is C11H18FNO4. The summed E-state index contributed by atoms with van der Waals surface area (Å²) in [6, 6.07) is 0. The molecule has 0 radical (unpaired) electrons. The molecule has 5 nitrogen and oxygen atoms in total. The van der Waals surface area contributed by atoms with E-state index in [1.807, 2.05) is 0 Å². The molecule has 1 amide bonds.